The van der Waals surface area contributed by atoms with Gasteiger partial charge in [0.2, 0.25) is 5.91 Å². The van der Waals surface area contributed by atoms with Gasteiger partial charge in [-0.3, -0.25) is 4.79 Å². The van der Waals surface area contributed by atoms with E-state index >= 15 is 0 Å². The zero-order valence-corrected chi connectivity index (χ0v) is 17.4. The second kappa shape index (κ2) is 13.2. The number of carbonyl (C=O) groups is 2. The number of likely N-dealkylation sites (tertiary alicyclic amines) is 1. The second-order valence-corrected chi connectivity index (χ2v) is 7.05. The van der Waals surface area contributed by atoms with E-state index in [9.17, 15) is 9.59 Å². The SMILES string of the molecule is CCCCCCNC(=NCC(=O)N(C)C)NC1CCN(C(=O)OCC)CC1. The lowest BCUT2D eigenvalue weighted by atomic mass is 10.1. The Hall–Kier alpha value is -1.99. The van der Waals surface area contributed by atoms with Crippen LogP contribution in [0.5, 0.6) is 0 Å². The van der Waals surface area contributed by atoms with Crippen molar-refractivity contribution in [2.45, 2.75) is 58.4 Å². The highest BCUT2D eigenvalue weighted by Crippen LogP contribution is 2.11. The van der Waals surface area contributed by atoms with E-state index in [0.717, 1.165) is 25.8 Å². The van der Waals surface area contributed by atoms with Gasteiger partial charge in [-0.1, -0.05) is 26.2 Å². The summed E-state index contributed by atoms with van der Waals surface area (Å²) in [4.78, 5) is 31.4. The zero-order valence-electron chi connectivity index (χ0n) is 17.4. The minimum absolute atomic E-state index is 0.0285. The van der Waals surface area contributed by atoms with Crippen molar-refractivity contribution in [3.8, 4) is 0 Å². The summed E-state index contributed by atoms with van der Waals surface area (Å²) in [7, 11) is 3.46. The first-order valence-corrected chi connectivity index (χ1v) is 10.1. The molecule has 0 aliphatic carbocycles. The van der Waals surface area contributed by atoms with Gasteiger partial charge < -0.3 is 25.2 Å². The van der Waals surface area contributed by atoms with Gasteiger partial charge in [-0.15, -0.1) is 0 Å². The molecule has 156 valence electrons. The third-order valence-electron chi connectivity index (χ3n) is 4.56. The molecule has 0 aromatic rings. The van der Waals surface area contributed by atoms with Crippen LogP contribution in [0.1, 0.15) is 52.4 Å². The van der Waals surface area contributed by atoms with Crippen molar-refractivity contribution < 1.29 is 14.3 Å². The number of ether oxygens (including phenoxy) is 1. The van der Waals surface area contributed by atoms with Gasteiger partial charge in [0.05, 0.1) is 6.61 Å². The Labute approximate surface area is 163 Å². The van der Waals surface area contributed by atoms with Crippen LogP contribution < -0.4 is 10.6 Å². The number of nitrogens with one attached hydrogen (secondary N) is 2. The van der Waals surface area contributed by atoms with Crippen molar-refractivity contribution in [1.82, 2.24) is 20.4 Å². The molecule has 27 heavy (non-hydrogen) atoms. The van der Waals surface area contributed by atoms with Crippen LogP contribution in [0.15, 0.2) is 4.99 Å². The molecule has 1 saturated heterocycles. The summed E-state index contributed by atoms with van der Waals surface area (Å²) in [5.74, 6) is 0.649. The van der Waals surface area contributed by atoms with Crippen molar-refractivity contribution in [2.75, 3.05) is 46.9 Å². The van der Waals surface area contributed by atoms with Crippen molar-refractivity contribution in [1.29, 1.82) is 0 Å². The molecule has 1 heterocycles. The molecule has 2 amide bonds. The molecule has 1 fully saturated rings. The molecule has 2 N–H and O–H groups in total. The van der Waals surface area contributed by atoms with Crippen molar-refractivity contribution in [3.05, 3.63) is 0 Å². The number of unbranched alkanes of at least 4 members (excludes halogenated alkanes) is 3. The number of hydrogen-bond donors (Lipinski definition) is 2. The van der Waals surface area contributed by atoms with Gasteiger partial charge in [0.1, 0.15) is 6.54 Å². The Morgan fingerprint density at radius 1 is 1.15 bits per heavy atom. The minimum atomic E-state index is -0.240. The minimum Gasteiger partial charge on any atom is -0.450 e. The third-order valence-corrected chi connectivity index (χ3v) is 4.56. The maximum absolute atomic E-state index is 11.8. The van der Waals surface area contributed by atoms with E-state index in [0.29, 0.717) is 25.7 Å². The number of guanidine groups is 1. The first-order chi connectivity index (χ1) is 13.0. The van der Waals surface area contributed by atoms with Crippen LogP contribution in [0, 0.1) is 0 Å². The van der Waals surface area contributed by atoms with Crippen molar-refractivity contribution in [2.24, 2.45) is 4.99 Å². The van der Waals surface area contributed by atoms with E-state index in [4.69, 9.17) is 4.74 Å². The number of piperidine rings is 1. The lowest BCUT2D eigenvalue weighted by Gasteiger charge is -2.32. The Morgan fingerprint density at radius 3 is 2.44 bits per heavy atom. The summed E-state index contributed by atoms with van der Waals surface area (Å²) in [6.45, 7) is 6.69. The highest BCUT2D eigenvalue weighted by molar-refractivity contribution is 5.85. The second-order valence-electron chi connectivity index (χ2n) is 7.05. The molecule has 0 spiro atoms. The number of carbonyl (C=O) groups excluding carboxylic acids is 2. The van der Waals surface area contributed by atoms with E-state index < -0.39 is 0 Å². The molecule has 8 heteroatoms. The molecule has 1 aliphatic heterocycles. The molecule has 8 nitrogen and oxygen atoms in total. The predicted octanol–water partition coefficient (Wildman–Crippen LogP) is 1.81. The third kappa shape index (κ3) is 9.49. The lowest BCUT2D eigenvalue weighted by Crippen LogP contribution is -2.50. The summed E-state index contributed by atoms with van der Waals surface area (Å²) in [6.07, 6.45) is 6.12. The highest BCUT2D eigenvalue weighted by Gasteiger charge is 2.24. The van der Waals surface area contributed by atoms with E-state index in [1.54, 1.807) is 23.9 Å². The van der Waals surface area contributed by atoms with Gasteiger partial charge in [-0.25, -0.2) is 9.79 Å². The maximum atomic E-state index is 11.8. The molecule has 1 rings (SSSR count). The van der Waals surface area contributed by atoms with Crippen LogP contribution in [-0.4, -0.2) is 80.7 Å². The smallest absolute Gasteiger partial charge is 0.409 e. The molecule has 1 aliphatic rings. The van der Waals surface area contributed by atoms with Crippen molar-refractivity contribution in [3.63, 3.8) is 0 Å². The number of nitrogens with zero attached hydrogens (tertiary/aromatic N) is 3. The monoisotopic (exact) mass is 383 g/mol. The summed E-state index contributed by atoms with van der Waals surface area (Å²) >= 11 is 0. The standard InChI is InChI=1S/C19H37N5O3/c1-5-7-8-9-12-20-18(21-15-17(25)23(3)4)22-16-10-13-24(14-11-16)19(26)27-6-2/h16H,5-15H2,1-4H3,(H2,20,21,22). The normalized spacial score (nSPS) is 15.4. The van der Waals surface area contributed by atoms with E-state index in [1.165, 1.54) is 19.3 Å². The van der Waals surface area contributed by atoms with Gasteiger partial charge in [0.25, 0.3) is 0 Å². The Kier molecular flexibility index (Phi) is 11.3. The lowest BCUT2D eigenvalue weighted by molar-refractivity contribution is -0.127. The van der Waals surface area contributed by atoms with Crippen molar-refractivity contribution >= 4 is 18.0 Å². The molecular weight excluding hydrogens is 346 g/mol. The van der Waals surface area contributed by atoms with E-state index in [1.807, 2.05) is 6.92 Å². The molecule has 0 unspecified atom stereocenters. The van der Waals surface area contributed by atoms with Gasteiger partial charge in [0, 0.05) is 39.8 Å². The first kappa shape index (κ1) is 23.0. The van der Waals surface area contributed by atoms with Gasteiger partial charge in [-0.2, -0.15) is 0 Å². The summed E-state index contributed by atoms with van der Waals surface area (Å²) in [6, 6.07) is 0.229. The Morgan fingerprint density at radius 2 is 1.85 bits per heavy atom. The first-order valence-electron chi connectivity index (χ1n) is 10.1. The summed E-state index contributed by atoms with van der Waals surface area (Å²) in [5.41, 5.74) is 0. The number of rotatable bonds is 9. The predicted molar refractivity (Wildman–Crippen MR) is 108 cm³/mol. The largest absolute Gasteiger partial charge is 0.450 e. The molecule has 0 bridgehead atoms. The van der Waals surface area contributed by atoms with Crippen LogP contribution in [0.3, 0.4) is 0 Å². The number of hydrogen-bond acceptors (Lipinski definition) is 4. The number of likely N-dealkylation sites (N-methyl/N-ethyl adjacent to an activating group) is 1. The summed E-state index contributed by atoms with van der Waals surface area (Å²) < 4.78 is 5.06. The highest BCUT2D eigenvalue weighted by atomic mass is 16.6. The molecule has 0 saturated carbocycles. The Balaban J connectivity index is 2.51. The number of aliphatic imine (C=N–C) groups is 1. The zero-order chi connectivity index (χ0) is 20.1. The van der Waals surface area contributed by atoms with Gasteiger partial charge in [-0.05, 0) is 26.2 Å². The molecular formula is C19H37N5O3. The average molecular weight is 384 g/mol. The van der Waals surface area contributed by atoms with E-state index in [-0.39, 0.29) is 24.6 Å². The van der Waals surface area contributed by atoms with Crippen LogP contribution in [0.25, 0.3) is 0 Å². The van der Waals surface area contributed by atoms with Crippen LogP contribution in [0.4, 0.5) is 4.79 Å². The maximum Gasteiger partial charge on any atom is 0.409 e. The van der Waals surface area contributed by atoms with Crippen LogP contribution in [0.2, 0.25) is 0 Å². The van der Waals surface area contributed by atoms with Crippen LogP contribution >= 0.6 is 0 Å². The fraction of sp³-hybridized carbons (Fsp3) is 0.842. The molecule has 0 aromatic carbocycles. The average Bonchev–Trinajstić information content (AvgIpc) is 2.66. The molecule has 0 atom stereocenters. The fourth-order valence-electron chi connectivity index (χ4n) is 2.81. The Bertz CT molecular complexity index is 474. The van der Waals surface area contributed by atoms with E-state index in [2.05, 4.69) is 22.5 Å². The number of amides is 2. The fourth-order valence-corrected chi connectivity index (χ4v) is 2.81. The topological polar surface area (TPSA) is 86.3 Å². The molecule has 0 aromatic heterocycles. The summed E-state index contributed by atoms with van der Waals surface area (Å²) in [5, 5.41) is 6.76. The van der Waals surface area contributed by atoms with Gasteiger partial charge >= 0.3 is 6.09 Å². The van der Waals surface area contributed by atoms with Gasteiger partial charge in [0.15, 0.2) is 5.96 Å². The van der Waals surface area contributed by atoms with Crippen LogP contribution in [-0.2, 0) is 9.53 Å². The quantitative estimate of drug-likeness (QED) is 0.360. The molecule has 0 radical (unpaired) electrons.